The van der Waals surface area contributed by atoms with Crippen molar-refractivity contribution in [2.24, 2.45) is 5.92 Å². The topological polar surface area (TPSA) is 61.4 Å². The average molecular weight is 332 g/mol. The first kappa shape index (κ1) is 16.9. The maximum Gasteiger partial charge on any atom is 0.280 e. The highest BCUT2D eigenvalue weighted by Crippen LogP contribution is 2.24. The van der Waals surface area contributed by atoms with Crippen molar-refractivity contribution in [3.05, 3.63) is 21.9 Å². The van der Waals surface area contributed by atoms with E-state index in [1.54, 1.807) is 15.6 Å². The van der Waals surface area contributed by atoms with Gasteiger partial charge in [-0.05, 0) is 58.3 Å². The van der Waals surface area contributed by atoms with Gasteiger partial charge in [0.05, 0.1) is 6.04 Å². The third kappa shape index (κ3) is 4.50. The van der Waals surface area contributed by atoms with E-state index in [4.69, 9.17) is 0 Å². The van der Waals surface area contributed by atoms with Gasteiger partial charge in [-0.25, -0.2) is 0 Å². The van der Waals surface area contributed by atoms with E-state index in [0.29, 0.717) is 19.0 Å². The molecule has 1 aromatic heterocycles. The van der Waals surface area contributed by atoms with Crippen molar-refractivity contribution in [1.29, 1.82) is 0 Å². The summed E-state index contributed by atoms with van der Waals surface area (Å²) in [4.78, 5) is 2.25. The van der Waals surface area contributed by atoms with Crippen LogP contribution in [0.15, 0.2) is 12.1 Å². The normalized spacial score (nSPS) is 19.8. The fourth-order valence-electron chi connectivity index (χ4n) is 2.68. The molecule has 2 N–H and O–H groups in total. The Morgan fingerprint density at radius 2 is 2.05 bits per heavy atom. The van der Waals surface area contributed by atoms with Crippen LogP contribution in [0.4, 0.5) is 0 Å². The molecule has 5 nitrogen and oxygen atoms in total. The maximum absolute atomic E-state index is 12.4. The molecular weight excluding hydrogens is 306 g/mol. The average Bonchev–Trinajstić information content (AvgIpc) is 2.86. The SMILES string of the molecule is CNCC1CCN(S(=O)(=O)NC(C)c2ccc(C)s2)CC1. The first-order valence-electron chi connectivity index (χ1n) is 7.40. The predicted molar refractivity (Wildman–Crippen MR) is 87.8 cm³/mol. The Bertz CT molecular complexity index is 548. The Hall–Kier alpha value is -0.470. The molecule has 1 aromatic rings. The van der Waals surface area contributed by atoms with Crippen LogP contribution in [-0.4, -0.2) is 39.4 Å². The lowest BCUT2D eigenvalue weighted by molar-refractivity contribution is 0.267. The van der Waals surface area contributed by atoms with E-state index in [0.717, 1.165) is 24.3 Å². The molecule has 1 saturated heterocycles. The maximum atomic E-state index is 12.4. The van der Waals surface area contributed by atoms with Crippen LogP contribution in [0.5, 0.6) is 0 Å². The van der Waals surface area contributed by atoms with E-state index in [-0.39, 0.29) is 6.04 Å². The molecule has 0 amide bonds. The van der Waals surface area contributed by atoms with Crippen LogP contribution in [0.3, 0.4) is 0 Å². The summed E-state index contributed by atoms with van der Waals surface area (Å²) in [5.41, 5.74) is 0. The van der Waals surface area contributed by atoms with Crippen molar-refractivity contribution in [2.45, 2.75) is 32.7 Å². The van der Waals surface area contributed by atoms with Gasteiger partial charge in [0.2, 0.25) is 0 Å². The minimum absolute atomic E-state index is 0.177. The lowest BCUT2D eigenvalue weighted by Gasteiger charge is -2.31. The molecule has 1 atom stereocenters. The van der Waals surface area contributed by atoms with Gasteiger partial charge in [0.15, 0.2) is 0 Å². The number of hydrogen-bond donors (Lipinski definition) is 2. The lowest BCUT2D eigenvalue weighted by atomic mass is 9.98. The molecule has 7 heteroatoms. The van der Waals surface area contributed by atoms with E-state index in [2.05, 4.69) is 10.0 Å². The summed E-state index contributed by atoms with van der Waals surface area (Å²) in [6, 6.07) is 3.84. The smallest absolute Gasteiger partial charge is 0.280 e. The van der Waals surface area contributed by atoms with Gasteiger partial charge in [0, 0.05) is 22.8 Å². The minimum Gasteiger partial charge on any atom is -0.319 e. The fourth-order valence-corrected chi connectivity index (χ4v) is 5.05. The van der Waals surface area contributed by atoms with Crippen molar-refractivity contribution < 1.29 is 8.42 Å². The molecule has 1 aliphatic rings. The van der Waals surface area contributed by atoms with Crippen LogP contribution in [0, 0.1) is 12.8 Å². The number of nitrogens with one attached hydrogen (secondary N) is 2. The number of piperidine rings is 1. The standard InChI is InChI=1S/C14H25N3O2S2/c1-11-4-5-14(20-11)12(2)16-21(18,19)17-8-6-13(7-9-17)10-15-3/h4-5,12-13,15-16H,6-10H2,1-3H3. The molecular formula is C14H25N3O2S2. The highest BCUT2D eigenvalue weighted by molar-refractivity contribution is 7.87. The van der Waals surface area contributed by atoms with Crippen molar-refractivity contribution >= 4 is 21.5 Å². The largest absolute Gasteiger partial charge is 0.319 e. The quantitative estimate of drug-likeness (QED) is 0.837. The summed E-state index contributed by atoms with van der Waals surface area (Å²) in [5.74, 6) is 0.582. The molecule has 0 radical (unpaired) electrons. The Morgan fingerprint density at radius 3 is 2.57 bits per heavy atom. The Morgan fingerprint density at radius 1 is 1.38 bits per heavy atom. The summed E-state index contributed by atoms with van der Waals surface area (Å²) < 4.78 is 29.3. The highest BCUT2D eigenvalue weighted by atomic mass is 32.2. The van der Waals surface area contributed by atoms with Crippen LogP contribution >= 0.6 is 11.3 Å². The Labute approximate surface area is 131 Å². The van der Waals surface area contributed by atoms with E-state index in [1.165, 1.54) is 4.88 Å². The van der Waals surface area contributed by atoms with E-state index < -0.39 is 10.2 Å². The number of rotatable bonds is 6. The fraction of sp³-hybridized carbons (Fsp3) is 0.714. The molecule has 1 unspecified atom stereocenters. The van der Waals surface area contributed by atoms with Gasteiger partial charge in [-0.1, -0.05) is 0 Å². The van der Waals surface area contributed by atoms with E-state index >= 15 is 0 Å². The second-order valence-electron chi connectivity index (χ2n) is 5.69. The monoisotopic (exact) mass is 331 g/mol. The van der Waals surface area contributed by atoms with Gasteiger partial charge in [-0.3, -0.25) is 0 Å². The van der Waals surface area contributed by atoms with Gasteiger partial charge in [0.1, 0.15) is 0 Å². The number of nitrogens with zero attached hydrogens (tertiary/aromatic N) is 1. The highest BCUT2D eigenvalue weighted by Gasteiger charge is 2.29. The molecule has 0 saturated carbocycles. The van der Waals surface area contributed by atoms with Crippen molar-refractivity contribution in [3.8, 4) is 0 Å². The zero-order valence-electron chi connectivity index (χ0n) is 12.9. The molecule has 1 aliphatic heterocycles. The summed E-state index contributed by atoms with van der Waals surface area (Å²) in [6.07, 6.45) is 1.85. The molecule has 2 heterocycles. The third-order valence-corrected chi connectivity index (χ3v) is 6.80. The van der Waals surface area contributed by atoms with E-state index in [9.17, 15) is 8.42 Å². The van der Waals surface area contributed by atoms with Crippen LogP contribution in [-0.2, 0) is 10.2 Å². The van der Waals surface area contributed by atoms with Gasteiger partial charge in [-0.2, -0.15) is 17.4 Å². The van der Waals surface area contributed by atoms with Crippen molar-refractivity contribution in [2.75, 3.05) is 26.7 Å². The first-order valence-corrected chi connectivity index (χ1v) is 9.66. The van der Waals surface area contributed by atoms with Crippen LogP contribution in [0.1, 0.15) is 35.6 Å². The van der Waals surface area contributed by atoms with E-state index in [1.807, 2.05) is 33.0 Å². The second kappa shape index (κ2) is 7.19. The first-order chi connectivity index (χ1) is 9.92. The van der Waals surface area contributed by atoms with Gasteiger partial charge in [0.25, 0.3) is 10.2 Å². The number of thiophene rings is 1. The van der Waals surface area contributed by atoms with Gasteiger partial charge < -0.3 is 5.32 Å². The molecule has 0 bridgehead atoms. The summed E-state index contributed by atoms with van der Waals surface area (Å²) in [5, 5.41) is 3.16. The van der Waals surface area contributed by atoms with Crippen molar-refractivity contribution in [3.63, 3.8) is 0 Å². The number of hydrogen-bond acceptors (Lipinski definition) is 4. The summed E-state index contributed by atoms with van der Waals surface area (Å²) in [6.45, 7) is 6.11. The second-order valence-corrected chi connectivity index (χ2v) is 8.71. The molecule has 0 spiro atoms. The van der Waals surface area contributed by atoms with Crippen LogP contribution in [0.2, 0.25) is 0 Å². The molecule has 1 fully saturated rings. The van der Waals surface area contributed by atoms with Crippen molar-refractivity contribution in [1.82, 2.24) is 14.3 Å². The zero-order chi connectivity index (χ0) is 15.5. The molecule has 0 aromatic carbocycles. The zero-order valence-corrected chi connectivity index (χ0v) is 14.6. The Balaban J connectivity index is 1.93. The molecule has 120 valence electrons. The third-order valence-electron chi connectivity index (χ3n) is 3.92. The number of aryl methyl sites for hydroxylation is 1. The predicted octanol–water partition coefficient (Wildman–Crippen LogP) is 1.88. The minimum atomic E-state index is -3.39. The van der Waals surface area contributed by atoms with Gasteiger partial charge >= 0.3 is 0 Å². The summed E-state index contributed by atoms with van der Waals surface area (Å²) >= 11 is 1.64. The molecule has 0 aliphatic carbocycles. The van der Waals surface area contributed by atoms with Gasteiger partial charge in [-0.15, -0.1) is 11.3 Å². The lowest BCUT2D eigenvalue weighted by Crippen LogP contribution is -2.46. The van der Waals surface area contributed by atoms with Crippen LogP contribution < -0.4 is 10.0 Å². The summed E-state index contributed by atoms with van der Waals surface area (Å²) in [7, 11) is -1.45. The molecule has 2 rings (SSSR count). The van der Waals surface area contributed by atoms with Crippen LogP contribution in [0.25, 0.3) is 0 Å². The Kier molecular flexibility index (Phi) is 5.79. The molecule has 21 heavy (non-hydrogen) atoms.